The van der Waals surface area contributed by atoms with Gasteiger partial charge in [0.25, 0.3) is 5.91 Å². The summed E-state index contributed by atoms with van der Waals surface area (Å²) in [6.07, 6.45) is 1.90. The Hall–Kier alpha value is -3.86. The summed E-state index contributed by atoms with van der Waals surface area (Å²) in [5.74, 6) is 0.359. The molecule has 0 saturated heterocycles. The molecule has 1 aliphatic heterocycles. The first-order valence-corrected chi connectivity index (χ1v) is 9.56. The van der Waals surface area contributed by atoms with Crippen LogP contribution in [0.4, 0.5) is 5.69 Å². The molecule has 0 saturated carbocycles. The largest absolute Gasteiger partial charge is 0.489 e. The quantitative estimate of drug-likeness (QED) is 0.466. The third kappa shape index (κ3) is 3.82. The summed E-state index contributed by atoms with van der Waals surface area (Å²) in [4.78, 5) is 25.7. The maximum atomic E-state index is 12.6. The minimum atomic E-state index is -0.360. The average molecular weight is 399 g/mol. The second kappa shape index (κ2) is 8.25. The first kappa shape index (κ1) is 19.5. The van der Waals surface area contributed by atoms with Crippen molar-refractivity contribution in [3.63, 3.8) is 0 Å². The SMILES string of the molecule is COC(=O)c1ccc(COc2ccc(C=C3C(=O)N(C)c4ccccc43)cc2)cc1. The number of methoxy groups -OCH3 is 1. The summed E-state index contributed by atoms with van der Waals surface area (Å²) < 4.78 is 10.5. The van der Waals surface area contributed by atoms with Gasteiger partial charge in [-0.05, 0) is 47.5 Å². The third-order valence-electron chi connectivity index (χ3n) is 5.06. The predicted molar refractivity (Wildman–Crippen MR) is 116 cm³/mol. The molecule has 0 N–H and O–H groups in total. The van der Waals surface area contributed by atoms with Crippen LogP contribution in [0.5, 0.6) is 5.75 Å². The van der Waals surface area contributed by atoms with Crippen molar-refractivity contribution in [1.29, 1.82) is 0 Å². The fourth-order valence-electron chi connectivity index (χ4n) is 3.39. The van der Waals surface area contributed by atoms with E-state index in [2.05, 4.69) is 0 Å². The van der Waals surface area contributed by atoms with E-state index in [0.29, 0.717) is 17.7 Å². The number of rotatable bonds is 5. The van der Waals surface area contributed by atoms with Crippen molar-refractivity contribution in [2.45, 2.75) is 6.61 Å². The minimum Gasteiger partial charge on any atom is -0.489 e. The Morgan fingerprint density at radius 2 is 1.67 bits per heavy atom. The van der Waals surface area contributed by atoms with Gasteiger partial charge >= 0.3 is 5.97 Å². The molecule has 0 spiro atoms. The number of ether oxygens (including phenoxy) is 2. The molecule has 1 aliphatic rings. The van der Waals surface area contributed by atoms with Crippen LogP contribution in [0.2, 0.25) is 0 Å². The molecule has 5 heteroatoms. The number of esters is 1. The summed E-state index contributed by atoms with van der Waals surface area (Å²) in [5.41, 5.74) is 4.94. The fourth-order valence-corrected chi connectivity index (χ4v) is 3.39. The molecule has 0 aromatic heterocycles. The molecule has 0 unspecified atom stereocenters. The molecule has 1 heterocycles. The van der Waals surface area contributed by atoms with Gasteiger partial charge in [0, 0.05) is 18.2 Å². The smallest absolute Gasteiger partial charge is 0.337 e. The van der Waals surface area contributed by atoms with Gasteiger partial charge in [0.2, 0.25) is 0 Å². The van der Waals surface area contributed by atoms with Gasteiger partial charge in [-0.15, -0.1) is 0 Å². The standard InChI is InChI=1S/C25H21NO4/c1-26-23-6-4-3-5-21(23)22(24(26)27)15-17-9-13-20(14-10-17)30-16-18-7-11-19(12-8-18)25(28)29-2/h3-15H,16H2,1-2H3. The molecule has 3 aromatic rings. The van der Waals surface area contributed by atoms with Gasteiger partial charge in [0.1, 0.15) is 12.4 Å². The highest BCUT2D eigenvalue weighted by molar-refractivity contribution is 6.35. The number of nitrogens with zero attached hydrogens (tertiary/aromatic N) is 1. The summed E-state index contributed by atoms with van der Waals surface area (Å²) in [7, 11) is 3.15. The second-order valence-corrected chi connectivity index (χ2v) is 6.99. The highest BCUT2D eigenvalue weighted by Gasteiger charge is 2.28. The lowest BCUT2D eigenvalue weighted by atomic mass is 10.0. The van der Waals surface area contributed by atoms with Crippen molar-refractivity contribution in [2.75, 3.05) is 19.1 Å². The van der Waals surface area contributed by atoms with Crippen molar-refractivity contribution in [3.8, 4) is 5.75 Å². The number of hydrogen-bond acceptors (Lipinski definition) is 4. The Labute approximate surface area is 175 Å². The number of benzene rings is 3. The van der Waals surface area contributed by atoms with Crippen molar-refractivity contribution in [2.24, 2.45) is 0 Å². The zero-order valence-electron chi connectivity index (χ0n) is 16.8. The zero-order chi connectivity index (χ0) is 21.1. The van der Waals surface area contributed by atoms with Gasteiger partial charge in [0.05, 0.1) is 18.4 Å². The maximum Gasteiger partial charge on any atom is 0.337 e. The van der Waals surface area contributed by atoms with E-state index in [-0.39, 0.29) is 11.9 Å². The van der Waals surface area contributed by atoms with Gasteiger partial charge in [-0.25, -0.2) is 4.79 Å². The topological polar surface area (TPSA) is 55.8 Å². The van der Waals surface area contributed by atoms with Crippen molar-refractivity contribution in [1.82, 2.24) is 0 Å². The highest BCUT2D eigenvalue weighted by atomic mass is 16.5. The van der Waals surface area contributed by atoms with Crippen LogP contribution in [0.3, 0.4) is 0 Å². The van der Waals surface area contributed by atoms with Crippen LogP contribution in [0.25, 0.3) is 11.6 Å². The molecule has 3 aromatic carbocycles. The molecule has 0 atom stereocenters. The Kier molecular flexibility index (Phi) is 5.35. The zero-order valence-corrected chi connectivity index (χ0v) is 16.8. The van der Waals surface area contributed by atoms with Gasteiger partial charge < -0.3 is 14.4 Å². The lowest BCUT2D eigenvalue weighted by Crippen LogP contribution is -2.20. The van der Waals surface area contributed by atoms with E-state index in [1.807, 2.05) is 66.7 Å². The Morgan fingerprint density at radius 1 is 0.967 bits per heavy atom. The van der Waals surface area contributed by atoms with E-state index in [4.69, 9.17) is 9.47 Å². The number of amides is 1. The number of carbonyl (C=O) groups excluding carboxylic acids is 2. The normalized spacial score (nSPS) is 14.0. The lowest BCUT2D eigenvalue weighted by Gasteiger charge is -2.08. The summed E-state index contributed by atoms with van der Waals surface area (Å²) >= 11 is 0. The summed E-state index contributed by atoms with van der Waals surface area (Å²) in [5, 5.41) is 0. The Balaban J connectivity index is 1.44. The summed E-state index contributed by atoms with van der Waals surface area (Å²) in [6.45, 7) is 0.387. The molecule has 150 valence electrons. The molecular formula is C25H21NO4. The highest BCUT2D eigenvalue weighted by Crippen LogP contribution is 2.36. The van der Waals surface area contributed by atoms with Gasteiger partial charge in [-0.2, -0.15) is 0 Å². The van der Waals surface area contributed by atoms with E-state index < -0.39 is 0 Å². The molecular weight excluding hydrogens is 378 g/mol. The Morgan fingerprint density at radius 3 is 2.37 bits per heavy atom. The van der Waals surface area contributed by atoms with E-state index in [1.54, 1.807) is 24.1 Å². The molecule has 0 fully saturated rings. The fraction of sp³-hybridized carbons (Fsp3) is 0.120. The van der Waals surface area contributed by atoms with Crippen LogP contribution >= 0.6 is 0 Å². The monoisotopic (exact) mass is 399 g/mol. The van der Waals surface area contributed by atoms with E-state index >= 15 is 0 Å². The first-order chi connectivity index (χ1) is 14.6. The van der Waals surface area contributed by atoms with Crippen LogP contribution in [0.1, 0.15) is 27.0 Å². The van der Waals surface area contributed by atoms with E-state index in [0.717, 1.165) is 28.1 Å². The van der Waals surface area contributed by atoms with Crippen LogP contribution < -0.4 is 9.64 Å². The second-order valence-electron chi connectivity index (χ2n) is 6.99. The number of hydrogen-bond donors (Lipinski definition) is 0. The number of anilines is 1. The Bertz CT molecular complexity index is 1110. The lowest BCUT2D eigenvalue weighted by molar-refractivity contribution is -0.112. The molecule has 4 rings (SSSR count). The van der Waals surface area contributed by atoms with Gasteiger partial charge in [-0.3, -0.25) is 4.79 Å². The van der Waals surface area contributed by atoms with Crippen LogP contribution in [-0.4, -0.2) is 26.0 Å². The molecule has 30 heavy (non-hydrogen) atoms. The van der Waals surface area contributed by atoms with Crippen molar-refractivity contribution < 1.29 is 19.1 Å². The average Bonchev–Trinajstić information content (AvgIpc) is 3.03. The van der Waals surface area contributed by atoms with Crippen LogP contribution in [0.15, 0.2) is 72.8 Å². The minimum absolute atomic E-state index is 0.00747. The third-order valence-corrected chi connectivity index (χ3v) is 5.06. The molecule has 0 bridgehead atoms. The molecule has 0 radical (unpaired) electrons. The van der Waals surface area contributed by atoms with Crippen LogP contribution in [0, 0.1) is 0 Å². The first-order valence-electron chi connectivity index (χ1n) is 9.56. The number of carbonyl (C=O) groups is 2. The number of fused-ring (bicyclic) bond motifs is 1. The summed E-state index contributed by atoms with van der Waals surface area (Å²) in [6, 6.07) is 22.5. The van der Waals surface area contributed by atoms with Crippen molar-refractivity contribution in [3.05, 3.63) is 95.1 Å². The predicted octanol–water partition coefficient (Wildman–Crippen LogP) is 4.57. The number of para-hydroxylation sites is 1. The molecule has 1 amide bonds. The molecule has 5 nitrogen and oxygen atoms in total. The van der Waals surface area contributed by atoms with Crippen molar-refractivity contribution >= 4 is 29.2 Å². The number of likely N-dealkylation sites (N-methyl/N-ethyl adjacent to an activating group) is 1. The maximum absolute atomic E-state index is 12.6. The van der Waals surface area contributed by atoms with E-state index in [9.17, 15) is 9.59 Å². The van der Waals surface area contributed by atoms with E-state index in [1.165, 1.54) is 7.11 Å². The van der Waals surface area contributed by atoms with Gasteiger partial charge in [-0.1, -0.05) is 42.5 Å². The van der Waals surface area contributed by atoms with Crippen LogP contribution in [-0.2, 0) is 16.1 Å². The molecule has 0 aliphatic carbocycles. The van der Waals surface area contributed by atoms with Gasteiger partial charge in [0.15, 0.2) is 0 Å².